The maximum atomic E-state index is 12.1. The van der Waals surface area contributed by atoms with Gasteiger partial charge in [0.15, 0.2) is 10.1 Å². The Hall–Kier alpha value is -2.20. The van der Waals surface area contributed by atoms with Crippen molar-refractivity contribution in [1.82, 2.24) is 4.57 Å². The van der Waals surface area contributed by atoms with Crippen molar-refractivity contribution < 1.29 is 35.5 Å². The highest BCUT2D eigenvalue weighted by Gasteiger charge is 2.36. The number of benzene rings is 1. The maximum Gasteiger partial charge on any atom is 0.485 e. The highest BCUT2D eigenvalue weighted by atomic mass is 32.2. The third kappa shape index (κ3) is 6.31. The highest BCUT2D eigenvalue weighted by Crippen LogP contribution is 2.20. The van der Waals surface area contributed by atoms with Gasteiger partial charge in [0.2, 0.25) is 5.78 Å². The molecule has 1 aromatic heterocycles. The van der Waals surface area contributed by atoms with Crippen LogP contribution in [0.2, 0.25) is 0 Å². The number of halogens is 3. The Bertz CT molecular complexity index is 796. The molecule has 0 aliphatic carbocycles. The van der Waals surface area contributed by atoms with Crippen molar-refractivity contribution in [3.63, 3.8) is 0 Å². The summed E-state index contributed by atoms with van der Waals surface area (Å²) in [6, 6.07) is 10.1. The van der Waals surface area contributed by atoms with E-state index in [1.807, 2.05) is 53.8 Å². The molecule has 0 unspecified atom stereocenters. The number of aryl methyl sites for hydroxylation is 3. The van der Waals surface area contributed by atoms with Crippen molar-refractivity contribution in [3.8, 4) is 0 Å². The molecule has 0 radical (unpaired) electrons. The minimum Gasteiger partial charge on any atom is -0.741 e. The van der Waals surface area contributed by atoms with Crippen LogP contribution in [0.1, 0.15) is 22.6 Å². The molecular formula is C15H17F3N2O4S. The number of rotatable bonds is 4. The molecule has 0 aliphatic heterocycles. The van der Waals surface area contributed by atoms with E-state index in [1.54, 1.807) is 0 Å². The van der Waals surface area contributed by atoms with Gasteiger partial charge in [0, 0.05) is 6.42 Å². The monoisotopic (exact) mass is 378 g/mol. The Kier molecular flexibility index (Phi) is 6.88. The summed E-state index contributed by atoms with van der Waals surface area (Å²) < 4.78 is 62.6. The van der Waals surface area contributed by atoms with Gasteiger partial charge in [-0.05, 0) is 12.0 Å². The minimum atomic E-state index is -6.09. The largest absolute Gasteiger partial charge is 0.741 e. The van der Waals surface area contributed by atoms with Gasteiger partial charge in [-0.15, -0.1) is 0 Å². The van der Waals surface area contributed by atoms with Crippen LogP contribution in [0.3, 0.4) is 0 Å². The number of ketones is 1. The molecular weight excluding hydrogens is 361 g/mol. The average Bonchev–Trinajstić information content (AvgIpc) is 2.84. The molecule has 0 aliphatic rings. The number of alkyl halides is 3. The van der Waals surface area contributed by atoms with Crippen LogP contribution in [-0.2, 0) is 30.6 Å². The molecule has 2 aromatic rings. The van der Waals surface area contributed by atoms with Gasteiger partial charge in [-0.2, -0.15) is 13.2 Å². The number of carbonyl (C=O) groups is 1. The van der Waals surface area contributed by atoms with Gasteiger partial charge in [-0.1, -0.05) is 30.3 Å². The van der Waals surface area contributed by atoms with Crippen LogP contribution in [0, 0.1) is 0 Å². The lowest BCUT2D eigenvalue weighted by Crippen LogP contribution is -2.35. The Balaban J connectivity index is 0.000000333. The lowest BCUT2D eigenvalue weighted by Gasteiger charge is -2.08. The Labute approximate surface area is 143 Å². The quantitative estimate of drug-likeness (QED) is 0.351. The van der Waals surface area contributed by atoms with Crippen LogP contribution in [0.15, 0.2) is 42.7 Å². The average molecular weight is 378 g/mol. The van der Waals surface area contributed by atoms with Crippen LogP contribution in [-0.4, -0.2) is 28.8 Å². The fourth-order valence-electron chi connectivity index (χ4n) is 2.00. The van der Waals surface area contributed by atoms with E-state index in [-0.39, 0.29) is 5.78 Å². The summed E-state index contributed by atoms with van der Waals surface area (Å²) >= 11 is 0. The summed E-state index contributed by atoms with van der Waals surface area (Å²) in [4.78, 5) is 12.1. The zero-order chi connectivity index (χ0) is 19.3. The first-order valence-electron chi connectivity index (χ1n) is 7.03. The smallest absolute Gasteiger partial charge is 0.485 e. The minimum absolute atomic E-state index is 0.184. The summed E-state index contributed by atoms with van der Waals surface area (Å²) in [5.74, 6) is 0.935. The fraction of sp³-hybridized carbons (Fsp3) is 0.333. The van der Waals surface area contributed by atoms with Gasteiger partial charge in [0.05, 0.1) is 14.1 Å². The van der Waals surface area contributed by atoms with E-state index in [4.69, 9.17) is 13.0 Å². The van der Waals surface area contributed by atoms with Gasteiger partial charge >= 0.3 is 11.3 Å². The number of hydrogen-bond donors (Lipinski definition) is 0. The highest BCUT2D eigenvalue weighted by molar-refractivity contribution is 7.86. The van der Waals surface area contributed by atoms with E-state index in [2.05, 4.69) is 12.1 Å². The van der Waals surface area contributed by atoms with Crippen molar-refractivity contribution >= 4 is 15.9 Å². The van der Waals surface area contributed by atoms with Gasteiger partial charge in [-0.3, -0.25) is 4.79 Å². The van der Waals surface area contributed by atoms with Crippen LogP contribution >= 0.6 is 0 Å². The van der Waals surface area contributed by atoms with Crippen LogP contribution < -0.4 is 4.57 Å². The van der Waals surface area contributed by atoms with Crippen molar-refractivity contribution in [2.24, 2.45) is 14.1 Å². The lowest BCUT2D eigenvalue weighted by molar-refractivity contribution is -0.672. The first-order chi connectivity index (χ1) is 11.4. The maximum absolute atomic E-state index is 12.1. The second-order valence-electron chi connectivity index (χ2n) is 5.15. The normalized spacial score (nSPS) is 11.6. The van der Waals surface area contributed by atoms with Crippen molar-refractivity contribution in [1.29, 1.82) is 0 Å². The van der Waals surface area contributed by atoms with E-state index in [0.29, 0.717) is 6.42 Å². The Morgan fingerprint density at radius 2 is 1.76 bits per heavy atom. The molecule has 0 atom stereocenters. The number of imidazole rings is 1. The van der Waals surface area contributed by atoms with Gasteiger partial charge in [0.1, 0.15) is 12.4 Å². The first kappa shape index (κ1) is 20.8. The number of Topliss-reactive ketones (excluding diaryl/α,β-unsaturated/α-hetero) is 1. The van der Waals surface area contributed by atoms with Gasteiger partial charge < -0.3 is 4.55 Å². The third-order valence-electron chi connectivity index (χ3n) is 3.20. The number of hydrogen-bond acceptors (Lipinski definition) is 4. The van der Waals surface area contributed by atoms with E-state index in [0.717, 1.165) is 12.2 Å². The van der Waals surface area contributed by atoms with Crippen molar-refractivity contribution in [2.75, 3.05) is 0 Å². The standard InChI is InChI=1S/C14H17N2O.CHF3O3S/c1-15-10-11-16(2)14(15)13(17)9-8-12-6-4-3-5-7-12;2-1(3,4)8(5,6)7/h3-7,10-11H,8-9H2,1-2H3;(H,5,6,7)/q+1;/p-1. The van der Waals surface area contributed by atoms with Crippen LogP contribution in [0.5, 0.6) is 0 Å². The molecule has 0 saturated heterocycles. The van der Waals surface area contributed by atoms with Crippen LogP contribution in [0.25, 0.3) is 0 Å². The molecule has 1 aromatic carbocycles. The molecule has 0 N–H and O–H groups in total. The lowest BCUT2D eigenvalue weighted by atomic mass is 10.1. The zero-order valence-electron chi connectivity index (χ0n) is 13.5. The SMILES string of the molecule is Cn1cc[n+](C)c1C(=O)CCc1ccccc1.O=S(=O)([O-])C(F)(F)F. The number of nitrogens with zero attached hydrogens (tertiary/aromatic N) is 2. The Morgan fingerprint density at radius 3 is 2.16 bits per heavy atom. The Morgan fingerprint density at radius 1 is 1.24 bits per heavy atom. The summed E-state index contributed by atoms with van der Waals surface area (Å²) in [6.45, 7) is 0. The summed E-state index contributed by atoms with van der Waals surface area (Å²) in [5.41, 5.74) is -4.44. The topological polar surface area (TPSA) is 83.1 Å². The van der Waals surface area contributed by atoms with Gasteiger partial charge in [0.25, 0.3) is 0 Å². The molecule has 0 saturated carbocycles. The van der Waals surface area contributed by atoms with Crippen LogP contribution in [0.4, 0.5) is 13.2 Å². The predicted molar refractivity (Wildman–Crippen MR) is 81.4 cm³/mol. The number of carbonyl (C=O) groups excluding carboxylic acids is 1. The van der Waals surface area contributed by atoms with Gasteiger partial charge in [-0.25, -0.2) is 17.6 Å². The molecule has 1 heterocycles. The predicted octanol–water partition coefficient (Wildman–Crippen LogP) is 1.72. The molecule has 138 valence electrons. The number of aromatic nitrogens is 2. The summed E-state index contributed by atoms with van der Waals surface area (Å²) in [5, 5.41) is 0. The summed E-state index contributed by atoms with van der Waals surface area (Å²) in [7, 11) is -2.29. The molecule has 25 heavy (non-hydrogen) atoms. The van der Waals surface area contributed by atoms with E-state index in [9.17, 15) is 18.0 Å². The molecule has 0 bridgehead atoms. The van der Waals surface area contributed by atoms with E-state index in [1.165, 1.54) is 5.56 Å². The molecule has 6 nitrogen and oxygen atoms in total. The summed E-state index contributed by atoms with van der Waals surface area (Å²) in [6.07, 6.45) is 5.14. The zero-order valence-corrected chi connectivity index (χ0v) is 14.3. The van der Waals surface area contributed by atoms with E-state index < -0.39 is 15.6 Å². The molecule has 2 rings (SSSR count). The molecule has 0 amide bonds. The second-order valence-corrected chi connectivity index (χ2v) is 6.52. The molecule has 0 spiro atoms. The second kappa shape index (κ2) is 8.26. The molecule has 0 fully saturated rings. The van der Waals surface area contributed by atoms with Crippen molar-refractivity contribution in [2.45, 2.75) is 18.3 Å². The molecule has 10 heteroatoms. The van der Waals surface area contributed by atoms with E-state index >= 15 is 0 Å². The first-order valence-corrected chi connectivity index (χ1v) is 8.44. The fourth-order valence-corrected chi connectivity index (χ4v) is 2.00. The third-order valence-corrected chi connectivity index (χ3v) is 3.77. The van der Waals surface area contributed by atoms with Crippen molar-refractivity contribution in [3.05, 3.63) is 54.1 Å².